The lowest BCUT2D eigenvalue weighted by molar-refractivity contribution is 0.694. The number of nitrogens with zero attached hydrogens (tertiary/aromatic N) is 3. The predicted octanol–water partition coefficient (Wildman–Crippen LogP) is 2.68. The summed E-state index contributed by atoms with van der Waals surface area (Å²) >= 11 is 5.61. The van der Waals surface area contributed by atoms with Gasteiger partial charge >= 0.3 is 0 Å². The lowest BCUT2D eigenvalue weighted by Gasteiger charge is -1.93. The number of rotatable bonds is 5. The van der Waals surface area contributed by atoms with Crippen LogP contribution in [0.2, 0.25) is 0 Å². The van der Waals surface area contributed by atoms with Crippen molar-refractivity contribution in [2.24, 2.45) is 0 Å². The Morgan fingerprint density at radius 2 is 2.13 bits per heavy atom. The summed E-state index contributed by atoms with van der Waals surface area (Å²) in [4.78, 5) is 4.43. The molecule has 0 amide bonds. The van der Waals surface area contributed by atoms with Gasteiger partial charge in [-0.3, -0.25) is 0 Å². The Bertz CT molecular complexity index is 391. The van der Waals surface area contributed by atoms with Crippen LogP contribution >= 0.6 is 11.6 Å². The Morgan fingerprint density at radius 1 is 1.20 bits per heavy atom. The van der Waals surface area contributed by atoms with Crippen LogP contribution in [0.1, 0.15) is 25.1 Å². The summed E-state index contributed by atoms with van der Waals surface area (Å²) < 4.78 is 1.82. The minimum Gasteiger partial charge on any atom is -0.221 e. The molecule has 0 saturated heterocycles. The molecule has 0 aromatic carbocycles. The van der Waals surface area contributed by atoms with Crippen LogP contribution in [0.4, 0.5) is 0 Å². The summed E-state index contributed by atoms with van der Waals surface area (Å²) in [5.74, 6) is 1.68. The molecule has 0 aliphatic carbocycles. The number of hydrogen-bond donors (Lipinski definition) is 0. The minimum absolute atomic E-state index is 0.749. The quantitative estimate of drug-likeness (QED) is 0.576. The summed E-state index contributed by atoms with van der Waals surface area (Å²) in [7, 11) is 0. The number of aromatic nitrogens is 3. The summed E-state index contributed by atoms with van der Waals surface area (Å²) in [5, 5.41) is 4.38. The highest BCUT2D eigenvalue weighted by Gasteiger charge is 2.01. The second-order valence-corrected chi connectivity index (χ2v) is 3.91. The lowest BCUT2D eigenvalue weighted by Crippen LogP contribution is -1.90. The van der Waals surface area contributed by atoms with Gasteiger partial charge in [0.2, 0.25) is 0 Å². The Morgan fingerprint density at radius 3 is 2.93 bits per heavy atom. The summed E-state index contributed by atoms with van der Waals surface area (Å²) in [6.07, 6.45) is 6.21. The van der Waals surface area contributed by atoms with Gasteiger partial charge in [0.05, 0.1) is 0 Å². The normalized spacial score (nSPS) is 11.0. The number of pyridine rings is 1. The highest BCUT2D eigenvalue weighted by atomic mass is 35.5. The molecule has 80 valence electrons. The Hall–Kier alpha value is -1.09. The van der Waals surface area contributed by atoms with Crippen LogP contribution in [0.25, 0.3) is 5.65 Å². The number of unbranched alkanes of at least 4 members (excludes halogenated alkanes) is 2. The van der Waals surface area contributed by atoms with E-state index in [-0.39, 0.29) is 0 Å². The van der Waals surface area contributed by atoms with Crippen LogP contribution in [-0.4, -0.2) is 20.5 Å². The maximum absolute atomic E-state index is 5.61. The van der Waals surface area contributed by atoms with Crippen LogP contribution in [0.3, 0.4) is 0 Å². The average Bonchev–Trinajstić information content (AvgIpc) is 2.67. The van der Waals surface area contributed by atoms with Crippen LogP contribution in [0.5, 0.6) is 0 Å². The fourth-order valence-corrected chi connectivity index (χ4v) is 1.73. The van der Waals surface area contributed by atoms with Crippen molar-refractivity contribution in [3.8, 4) is 0 Å². The van der Waals surface area contributed by atoms with E-state index in [1.807, 2.05) is 28.9 Å². The zero-order valence-electron chi connectivity index (χ0n) is 8.56. The van der Waals surface area contributed by atoms with E-state index in [0.717, 1.165) is 43.0 Å². The van der Waals surface area contributed by atoms with Crippen molar-refractivity contribution in [1.82, 2.24) is 14.6 Å². The van der Waals surface area contributed by atoms with Crippen LogP contribution in [0.15, 0.2) is 24.4 Å². The van der Waals surface area contributed by atoms with E-state index in [1.165, 1.54) is 0 Å². The van der Waals surface area contributed by atoms with Crippen molar-refractivity contribution in [2.75, 3.05) is 5.88 Å². The van der Waals surface area contributed by atoms with E-state index >= 15 is 0 Å². The number of fused-ring (bicyclic) bond motifs is 1. The predicted molar refractivity (Wildman–Crippen MR) is 61.3 cm³/mol. The third-order valence-electron chi connectivity index (χ3n) is 2.32. The van der Waals surface area contributed by atoms with Crippen molar-refractivity contribution in [3.63, 3.8) is 0 Å². The molecule has 0 radical (unpaired) electrons. The summed E-state index contributed by atoms with van der Waals surface area (Å²) in [5.41, 5.74) is 0.921. The monoisotopic (exact) mass is 223 g/mol. The van der Waals surface area contributed by atoms with E-state index in [0.29, 0.717) is 0 Å². The van der Waals surface area contributed by atoms with E-state index in [1.54, 1.807) is 0 Å². The van der Waals surface area contributed by atoms with Gasteiger partial charge in [0, 0.05) is 18.5 Å². The molecular weight excluding hydrogens is 210 g/mol. The average molecular weight is 224 g/mol. The van der Waals surface area contributed by atoms with Crippen molar-refractivity contribution >= 4 is 17.2 Å². The highest BCUT2D eigenvalue weighted by molar-refractivity contribution is 6.17. The second-order valence-electron chi connectivity index (χ2n) is 3.53. The van der Waals surface area contributed by atoms with Gasteiger partial charge in [-0.2, -0.15) is 5.10 Å². The van der Waals surface area contributed by atoms with Gasteiger partial charge < -0.3 is 0 Å². The molecule has 0 atom stereocenters. The maximum atomic E-state index is 5.61. The molecule has 0 spiro atoms. The molecule has 0 fully saturated rings. The SMILES string of the molecule is ClCCCCCc1nc2ccccn2n1. The number of halogens is 1. The molecule has 0 bridgehead atoms. The van der Waals surface area contributed by atoms with Crippen molar-refractivity contribution in [2.45, 2.75) is 25.7 Å². The second kappa shape index (κ2) is 5.12. The molecule has 2 rings (SSSR count). The standard InChI is InChI=1S/C11H14ClN3/c12-8-4-1-2-6-10-13-11-7-3-5-9-15(11)14-10/h3,5,7,9H,1-2,4,6,8H2. The van der Waals surface area contributed by atoms with E-state index in [4.69, 9.17) is 11.6 Å². The highest BCUT2D eigenvalue weighted by Crippen LogP contribution is 2.05. The van der Waals surface area contributed by atoms with Gasteiger partial charge in [-0.25, -0.2) is 9.50 Å². The Labute approximate surface area is 94.1 Å². The van der Waals surface area contributed by atoms with E-state index in [2.05, 4.69) is 10.1 Å². The smallest absolute Gasteiger partial charge is 0.155 e. The first-order chi connectivity index (χ1) is 7.40. The van der Waals surface area contributed by atoms with Gasteiger partial charge in [0.25, 0.3) is 0 Å². The minimum atomic E-state index is 0.749. The van der Waals surface area contributed by atoms with Gasteiger partial charge in [-0.05, 0) is 25.0 Å². The number of alkyl halides is 1. The van der Waals surface area contributed by atoms with Gasteiger partial charge in [0.15, 0.2) is 11.5 Å². The molecule has 0 aliphatic rings. The first-order valence-corrected chi connectivity index (χ1v) is 5.80. The molecule has 2 aromatic rings. The first-order valence-electron chi connectivity index (χ1n) is 5.26. The fraction of sp³-hybridized carbons (Fsp3) is 0.455. The van der Waals surface area contributed by atoms with Gasteiger partial charge in [-0.15, -0.1) is 11.6 Å². The van der Waals surface area contributed by atoms with Gasteiger partial charge in [-0.1, -0.05) is 12.5 Å². The third-order valence-corrected chi connectivity index (χ3v) is 2.59. The zero-order valence-corrected chi connectivity index (χ0v) is 9.32. The molecule has 2 aromatic heterocycles. The molecule has 0 unspecified atom stereocenters. The van der Waals surface area contributed by atoms with E-state index < -0.39 is 0 Å². The molecule has 2 heterocycles. The maximum Gasteiger partial charge on any atom is 0.155 e. The number of hydrogen-bond acceptors (Lipinski definition) is 2. The van der Waals surface area contributed by atoms with Crippen LogP contribution in [-0.2, 0) is 6.42 Å². The van der Waals surface area contributed by atoms with Crippen LogP contribution < -0.4 is 0 Å². The number of aryl methyl sites for hydroxylation is 1. The van der Waals surface area contributed by atoms with Crippen molar-refractivity contribution in [1.29, 1.82) is 0 Å². The molecular formula is C11H14ClN3. The molecule has 0 aliphatic heterocycles. The van der Waals surface area contributed by atoms with Crippen molar-refractivity contribution in [3.05, 3.63) is 30.2 Å². The van der Waals surface area contributed by atoms with Gasteiger partial charge in [0.1, 0.15) is 0 Å². The summed E-state index contributed by atoms with van der Waals surface area (Å²) in [6, 6.07) is 5.90. The molecule has 0 saturated carbocycles. The largest absolute Gasteiger partial charge is 0.221 e. The molecule has 0 N–H and O–H groups in total. The molecule has 4 heteroatoms. The van der Waals surface area contributed by atoms with Crippen molar-refractivity contribution < 1.29 is 0 Å². The third kappa shape index (κ3) is 2.69. The van der Waals surface area contributed by atoms with Crippen LogP contribution in [0, 0.1) is 0 Å². The first kappa shape index (κ1) is 10.4. The topological polar surface area (TPSA) is 30.2 Å². The fourth-order valence-electron chi connectivity index (χ4n) is 1.54. The van der Waals surface area contributed by atoms with E-state index in [9.17, 15) is 0 Å². The lowest BCUT2D eigenvalue weighted by atomic mass is 10.2. The summed E-state index contributed by atoms with van der Waals surface area (Å²) in [6.45, 7) is 0. The zero-order chi connectivity index (χ0) is 10.5. The Balaban J connectivity index is 1.97. The molecule has 15 heavy (non-hydrogen) atoms. The molecule has 3 nitrogen and oxygen atoms in total. The Kier molecular flexibility index (Phi) is 3.56.